The maximum atomic E-state index is 12.2. The summed E-state index contributed by atoms with van der Waals surface area (Å²) in [6.07, 6.45) is 4.22. The fourth-order valence-corrected chi connectivity index (χ4v) is 4.24. The molecule has 5 nitrogen and oxygen atoms in total. The van der Waals surface area contributed by atoms with Crippen LogP contribution in [-0.4, -0.2) is 35.5 Å². The monoisotopic (exact) mass is 299 g/mol. The number of fused-ring (bicyclic) bond motifs is 3. The first-order valence-electron chi connectivity index (χ1n) is 6.98. The predicted octanol–water partition coefficient (Wildman–Crippen LogP) is -2.63. The summed E-state index contributed by atoms with van der Waals surface area (Å²) in [5.74, 6) is -1.47. The van der Waals surface area contributed by atoms with Crippen LogP contribution in [0.1, 0.15) is 33.1 Å². The number of nitrogens with zero attached hydrogens (tertiary/aromatic N) is 1. The number of carboxylic acids is 1. The van der Waals surface area contributed by atoms with Crippen LogP contribution >= 0.6 is 0 Å². The average molecular weight is 299 g/mol. The zero-order valence-electron chi connectivity index (χ0n) is 12.9. The topological polar surface area (TPSA) is 69.7 Å². The molecule has 0 aromatic heterocycles. The van der Waals surface area contributed by atoms with Crippen LogP contribution in [0, 0.1) is 5.92 Å². The maximum Gasteiger partial charge on any atom is 1.00 e. The van der Waals surface area contributed by atoms with Crippen LogP contribution in [0.25, 0.3) is 0 Å². The third kappa shape index (κ3) is 1.91. The van der Waals surface area contributed by atoms with Gasteiger partial charge in [-0.25, -0.2) is 0 Å². The van der Waals surface area contributed by atoms with Crippen LogP contribution in [-0.2, 0) is 14.3 Å². The Morgan fingerprint density at radius 3 is 2.67 bits per heavy atom. The molecule has 3 aliphatic rings. The summed E-state index contributed by atoms with van der Waals surface area (Å²) in [4.78, 5) is 25.2. The number of aliphatic carboxylic acids is 1. The number of methoxy groups -OCH3 is 1. The first-order valence-corrected chi connectivity index (χ1v) is 6.98. The molecule has 0 aromatic carbocycles. The molecule has 2 fully saturated rings. The number of ether oxygens (including phenoxy) is 1. The molecule has 1 aliphatic carbocycles. The molecule has 0 unspecified atom stereocenters. The minimum Gasteiger partial charge on any atom is -0.543 e. The Morgan fingerprint density at radius 2 is 2.14 bits per heavy atom. The van der Waals surface area contributed by atoms with Crippen molar-refractivity contribution in [3.8, 4) is 0 Å². The fraction of sp³-hybridized carbons (Fsp3) is 0.600. The van der Waals surface area contributed by atoms with Crippen molar-refractivity contribution in [3.05, 3.63) is 22.9 Å². The number of β-lactam (4-membered cyclic amide) rings is 1. The molecule has 3 rings (SSSR count). The molecular weight excluding hydrogens is 281 g/mol. The van der Waals surface area contributed by atoms with E-state index < -0.39 is 11.5 Å². The average Bonchev–Trinajstić information content (AvgIpc) is 2.66. The zero-order chi connectivity index (χ0) is 14.7. The SMILES string of the molecule is C/C=C1/C(=O)N2C(C(=O)[O-])=C3[C@@H](OC)CCC[C@@H]3[C@]12C.[Na+]. The van der Waals surface area contributed by atoms with E-state index in [-0.39, 0.29) is 53.2 Å². The van der Waals surface area contributed by atoms with Crippen molar-refractivity contribution in [2.24, 2.45) is 5.92 Å². The van der Waals surface area contributed by atoms with Gasteiger partial charge in [-0.15, -0.1) is 0 Å². The number of allylic oxidation sites excluding steroid dienone is 1. The molecule has 3 atom stereocenters. The molecule has 2 aliphatic heterocycles. The summed E-state index contributed by atoms with van der Waals surface area (Å²) in [6.45, 7) is 3.77. The van der Waals surface area contributed by atoms with Gasteiger partial charge in [0.05, 0.1) is 23.3 Å². The molecule has 21 heavy (non-hydrogen) atoms. The summed E-state index contributed by atoms with van der Waals surface area (Å²) >= 11 is 0. The molecule has 1 amide bonds. The number of amides is 1. The molecule has 2 heterocycles. The van der Waals surface area contributed by atoms with Crippen LogP contribution in [0.5, 0.6) is 0 Å². The molecule has 0 N–H and O–H groups in total. The van der Waals surface area contributed by atoms with Crippen molar-refractivity contribution in [2.75, 3.05) is 7.11 Å². The van der Waals surface area contributed by atoms with Crippen molar-refractivity contribution >= 4 is 11.9 Å². The van der Waals surface area contributed by atoms with Gasteiger partial charge in [-0.3, -0.25) is 9.69 Å². The van der Waals surface area contributed by atoms with E-state index in [1.165, 1.54) is 4.90 Å². The molecule has 0 spiro atoms. The summed E-state index contributed by atoms with van der Waals surface area (Å²) in [6, 6.07) is 0. The number of carboxylic acid groups (broad SMARTS) is 1. The van der Waals surface area contributed by atoms with Crippen LogP contribution < -0.4 is 34.7 Å². The van der Waals surface area contributed by atoms with Gasteiger partial charge in [0.15, 0.2) is 0 Å². The third-order valence-corrected chi connectivity index (χ3v) is 5.07. The number of hydrogen-bond acceptors (Lipinski definition) is 4. The second-order valence-corrected chi connectivity index (χ2v) is 5.79. The van der Waals surface area contributed by atoms with Crippen LogP contribution in [0.15, 0.2) is 22.9 Å². The van der Waals surface area contributed by atoms with Crippen molar-refractivity contribution in [2.45, 2.75) is 44.8 Å². The van der Waals surface area contributed by atoms with Crippen LogP contribution in [0.4, 0.5) is 0 Å². The van der Waals surface area contributed by atoms with Gasteiger partial charge in [0.25, 0.3) is 5.91 Å². The maximum absolute atomic E-state index is 12.2. The molecular formula is C15H18NNaO4. The van der Waals surface area contributed by atoms with E-state index in [2.05, 4.69) is 0 Å². The second kappa shape index (κ2) is 5.54. The predicted molar refractivity (Wildman–Crippen MR) is 69.2 cm³/mol. The van der Waals surface area contributed by atoms with E-state index in [0.717, 1.165) is 24.8 Å². The second-order valence-electron chi connectivity index (χ2n) is 5.79. The Labute approximate surface area is 146 Å². The fourth-order valence-electron chi connectivity index (χ4n) is 4.24. The molecule has 108 valence electrons. The van der Waals surface area contributed by atoms with E-state index >= 15 is 0 Å². The van der Waals surface area contributed by atoms with Gasteiger partial charge in [-0.2, -0.15) is 0 Å². The van der Waals surface area contributed by atoms with Crippen LogP contribution in [0.3, 0.4) is 0 Å². The summed E-state index contributed by atoms with van der Waals surface area (Å²) in [5.41, 5.74) is 0.951. The first-order chi connectivity index (χ1) is 9.48. The third-order valence-electron chi connectivity index (χ3n) is 5.07. The van der Waals surface area contributed by atoms with Crippen molar-refractivity contribution in [1.82, 2.24) is 4.90 Å². The van der Waals surface area contributed by atoms with E-state index in [4.69, 9.17) is 4.74 Å². The number of carbonyl (C=O) groups is 2. The number of carbonyl (C=O) groups excluding carboxylic acids is 2. The number of hydrogen-bond donors (Lipinski definition) is 0. The van der Waals surface area contributed by atoms with Gasteiger partial charge in [-0.05, 0) is 38.7 Å². The smallest absolute Gasteiger partial charge is 0.543 e. The van der Waals surface area contributed by atoms with E-state index in [0.29, 0.717) is 5.57 Å². The Balaban J connectivity index is 0.00000161. The van der Waals surface area contributed by atoms with E-state index in [9.17, 15) is 14.7 Å². The van der Waals surface area contributed by atoms with Gasteiger partial charge < -0.3 is 14.6 Å². The van der Waals surface area contributed by atoms with Gasteiger partial charge in [0.1, 0.15) is 0 Å². The molecule has 1 saturated heterocycles. The Kier molecular flexibility index (Phi) is 4.42. The van der Waals surface area contributed by atoms with Crippen LogP contribution in [0.2, 0.25) is 0 Å². The minimum absolute atomic E-state index is 0. The summed E-state index contributed by atoms with van der Waals surface area (Å²) in [5, 5.41) is 11.6. The van der Waals surface area contributed by atoms with Crippen molar-refractivity contribution in [1.29, 1.82) is 0 Å². The van der Waals surface area contributed by atoms with E-state index in [1.54, 1.807) is 13.2 Å². The summed E-state index contributed by atoms with van der Waals surface area (Å²) in [7, 11) is 1.59. The van der Waals surface area contributed by atoms with Gasteiger partial charge >= 0.3 is 29.6 Å². The molecule has 6 heteroatoms. The Bertz CT molecular complexity index is 568. The van der Waals surface area contributed by atoms with Gasteiger partial charge in [-0.1, -0.05) is 6.08 Å². The van der Waals surface area contributed by atoms with Crippen molar-refractivity contribution in [3.63, 3.8) is 0 Å². The molecule has 0 aromatic rings. The van der Waals surface area contributed by atoms with Gasteiger partial charge in [0, 0.05) is 18.6 Å². The molecule has 0 radical (unpaired) electrons. The van der Waals surface area contributed by atoms with E-state index in [1.807, 2.05) is 13.8 Å². The quantitative estimate of drug-likeness (QED) is 0.318. The Morgan fingerprint density at radius 1 is 1.48 bits per heavy atom. The summed E-state index contributed by atoms with van der Waals surface area (Å²) < 4.78 is 5.45. The van der Waals surface area contributed by atoms with Crippen molar-refractivity contribution < 1.29 is 49.0 Å². The first kappa shape index (κ1) is 16.7. The zero-order valence-corrected chi connectivity index (χ0v) is 14.9. The largest absolute Gasteiger partial charge is 1.00 e. The number of rotatable bonds is 2. The van der Waals surface area contributed by atoms with Gasteiger partial charge in [0.2, 0.25) is 0 Å². The minimum atomic E-state index is -1.28. The Hall–Kier alpha value is -0.620. The molecule has 1 saturated carbocycles. The standard InChI is InChI=1S/C15H19NO4.Na/c1-4-8-13(17)16-12(14(18)19)11-9(15(8,16)2)6-5-7-10(11)20-3;/h4,9-10H,5-7H2,1-3H3,(H,18,19);/q;+1/p-1/b8-4-;/t9-,10-,15-;/m0./s1. The normalized spacial score (nSPS) is 36.0. The molecule has 0 bridgehead atoms.